The standard InChI is InChI=1S/C22H16F3N5O2S2/c1-29-18-11-27-30(16-5-7-17(32-2)8-6-16)20(31)19(18)34-21(28-29)33-12-13-3-4-15(22(23,24)25)9-14(13)10-26/h3-9,11H,12H2,1-2H3. The lowest BCUT2D eigenvalue weighted by Crippen LogP contribution is -2.28. The van der Waals surface area contributed by atoms with Gasteiger partial charge in [0.2, 0.25) is 0 Å². The quantitative estimate of drug-likeness (QED) is 0.502. The van der Waals surface area contributed by atoms with E-state index in [1.54, 1.807) is 44.6 Å². The molecule has 0 bridgehead atoms. The lowest BCUT2D eigenvalue weighted by molar-refractivity contribution is -0.137. The van der Waals surface area contributed by atoms with E-state index >= 15 is 0 Å². The van der Waals surface area contributed by atoms with Crippen LogP contribution in [0.3, 0.4) is 0 Å². The molecule has 3 aromatic rings. The summed E-state index contributed by atoms with van der Waals surface area (Å²) in [5, 5.41) is 19.5. The molecule has 0 atom stereocenters. The fourth-order valence-electron chi connectivity index (χ4n) is 3.13. The highest BCUT2D eigenvalue weighted by Gasteiger charge is 2.31. The SMILES string of the molecule is COc1ccc(-n2ncc3c(c2=O)SC(SCc2ccc(C(F)(F)F)cc2C#N)=NN3C)cc1. The van der Waals surface area contributed by atoms with Gasteiger partial charge in [0, 0.05) is 12.8 Å². The first-order valence-corrected chi connectivity index (χ1v) is 11.5. The smallest absolute Gasteiger partial charge is 0.416 e. The van der Waals surface area contributed by atoms with Gasteiger partial charge in [0.15, 0.2) is 4.38 Å². The molecule has 0 saturated carbocycles. The van der Waals surface area contributed by atoms with Crippen LogP contribution in [0.1, 0.15) is 16.7 Å². The third-order valence-electron chi connectivity index (χ3n) is 4.91. The van der Waals surface area contributed by atoms with Crippen LogP contribution in [0.15, 0.2) is 63.5 Å². The number of alkyl halides is 3. The number of aromatic nitrogens is 2. The van der Waals surface area contributed by atoms with Crippen molar-refractivity contribution in [2.45, 2.75) is 16.8 Å². The van der Waals surface area contributed by atoms with Gasteiger partial charge in [-0.2, -0.15) is 33.3 Å². The van der Waals surface area contributed by atoms with E-state index in [2.05, 4.69) is 10.2 Å². The fourth-order valence-corrected chi connectivity index (χ4v) is 5.30. The Bertz CT molecular complexity index is 1360. The zero-order chi connectivity index (χ0) is 24.5. The summed E-state index contributed by atoms with van der Waals surface area (Å²) in [7, 11) is 3.23. The van der Waals surface area contributed by atoms with Crippen molar-refractivity contribution in [3.63, 3.8) is 0 Å². The van der Waals surface area contributed by atoms with Gasteiger partial charge in [0.1, 0.15) is 10.6 Å². The van der Waals surface area contributed by atoms with Gasteiger partial charge in [0.05, 0.1) is 41.9 Å². The molecule has 0 N–H and O–H groups in total. The number of anilines is 1. The summed E-state index contributed by atoms with van der Waals surface area (Å²) in [6.07, 6.45) is -2.98. The number of nitriles is 1. The van der Waals surface area contributed by atoms with Gasteiger partial charge in [-0.05, 0) is 42.0 Å². The number of rotatable bonds is 4. The van der Waals surface area contributed by atoms with E-state index in [4.69, 9.17) is 4.74 Å². The Kier molecular flexibility index (Phi) is 6.58. The van der Waals surface area contributed by atoms with E-state index in [-0.39, 0.29) is 16.9 Å². The molecule has 34 heavy (non-hydrogen) atoms. The fraction of sp³-hybridized carbons (Fsp3) is 0.182. The number of hydrogen-bond donors (Lipinski definition) is 0. The number of methoxy groups -OCH3 is 1. The number of halogens is 3. The molecular weight excluding hydrogens is 487 g/mol. The van der Waals surface area contributed by atoms with Gasteiger partial charge in [-0.3, -0.25) is 9.80 Å². The van der Waals surface area contributed by atoms with Crippen molar-refractivity contribution in [2.75, 3.05) is 19.2 Å². The van der Waals surface area contributed by atoms with Crippen LogP contribution in [-0.2, 0) is 11.9 Å². The maximum atomic E-state index is 13.2. The Balaban J connectivity index is 1.57. The van der Waals surface area contributed by atoms with E-state index in [1.165, 1.54) is 27.5 Å². The third kappa shape index (κ3) is 4.76. The van der Waals surface area contributed by atoms with Crippen LogP contribution in [0.2, 0.25) is 0 Å². The Hall–Kier alpha value is -3.43. The van der Waals surface area contributed by atoms with Crippen molar-refractivity contribution >= 4 is 33.6 Å². The normalized spacial score (nSPS) is 13.2. The Morgan fingerprint density at radius 2 is 1.94 bits per heavy atom. The molecule has 0 saturated heterocycles. The van der Waals surface area contributed by atoms with Crippen molar-refractivity contribution in [1.82, 2.24) is 9.78 Å². The molecule has 0 aliphatic carbocycles. The molecule has 0 fully saturated rings. The summed E-state index contributed by atoms with van der Waals surface area (Å²) in [5.41, 5.74) is 0.293. The van der Waals surface area contributed by atoms with Crippen LogP contribution in [0, 0.1) is 11.3 Å². The van der Waals surface area contributed by atoms with Crippen LogP contribution in [-0.4, -0.2) is 28.3 Å². The second-order valence-corrected chi connectivity index (χ2v) is 9.26. The second-order valence-electron chi connectivity index (χ2n) is 7.04. The van der Waals surface area contributed by atoms with Crippen molar-refractivity contribution in [3.8, 4) is 17.5 Å². The highest BCUT2D eigenvalue weighted by molar-refractivity contribution is 8.38. The van der Waals surface area contributed by atoms with E-state index in [0.29, 0.717) is 32.0 Å². The molecule has 2 aromatic carbocycles. The molecular formula is C22H16F3N5O2S2. The maximum absolute atomic E-state index is 13.2. The minimum Gasteiger partial charge on any atom is -0.497 e. The number of nitrogens with zero attached hydrogens (tertiary/aromatic N) is 5. The number of ether oxygens (including phenoxy) is 1. The number of benzene rings is 2. The molecule has 0 spiro atoms. The lowest BCUT2D eigenvalue weighted by atomic mass is 10.1. The molecule has 2 heterocycles. The van der Waals surface area contributed by atoms with Gasteiger partial charge in [-0.1, -0.05) is 29.6 Å². The molecule has 0 unspecified atom stereocenters. The summed E-state index contributed by atoms with van der Waals surface area (Å²) in [4.78, 5) is 13.6. The summed E-state index contributed by atoms with van der Waals surface area (Å²) < 4.78 is 45.8. The number of thioether (sulfide) groups is 2. The van der Waals surface area contributed by atoms with Gasteiger partial charge in [-0.25, -0.2) is 0 Å². The molecule has 0 radical (unpaired) electrons. The monoisotopic (exact) mass is 503 g/mol. The Morgan fingerprint density at radius 3 is 2.59 bits per heavy atom. The van der Waals surface area contributed by atoms with Crippen molar-refractivity contribution in [1.29, 1.82) is 5.26 Å². The van der Waals surface area contributed by atoms with Gasteiger partial charge >= 0.3 is 6.18 Å². The first-order chi connectivity index (χ1) is 16.2. The maximum Gasteiger partial charge on any atom is 0.416 e. The summed E-state index contributed by atoms with van der Waals surface area (Å²) in [6.45, 7) is 0. The number of hydrogen-bond acceptors (Lipinski definition) is 8. The largest absolute Gasteiger partial charge is 0.497 e. The first kappa shape index (κ1) is 23.7. The average molecular weight is 504 g/mol. The summed E-state index contributed by atoms with van der Waals surface area (Å²) in [6, 6.07) is 11.8. The van der Waals surface area contributed by atoms with E-state index in [9.17, 15) is 23.2 Å². The highest BCUT2D eigenvalue weighted by atomic mass is 32.2. The molecule has 1 aliphatic heterocycles. The van der Waals surface area contributed by atoms with Crippen LogP contribution >= 0.6 is 23.5 Å². The van der Waals surface area contributed by atoms with Crippen molar-refractivity contribution in [2.24, 2.45) is 5.10 Å². The van der Waals surface area contributed by atoms with Crippen LogP contribution in [0.25, 0.3) is 5.69 Å². The lowest BCUT2D eigenvalue weighted by Gasteiger charge is -2.23. The van der Waals surface area contributed by atoms with Crippen LogP contribution < -0.4 is 15.3 Å². The van der Waals surface area contributed by atoms with Crippen molar-refractivity contribution < 1.29 is 17.9 Å². The average Bonchev–Trinajstić information content (AvgIpc) is 2.83. The minimum atomic E-state index is -4.52. The van der Waals surface area contributed by atoms with Gasteiger partial charge in [0.25, 0.3) is 5.56 Å². The van der Waals surface area contributed by atoms with Crippen molar-refractivity contribution in [3.05, 3.63) is 75.7 Å². The predicted molar refractivity (Wildman–Crippen MR) is 126 cm³/mol. The molecule has 7 nitrogen and oxygen atoms in total. The van der Waals surface area contributed by atoms with E-state index in [1.807, 2.05) is 6.07 Å². The molecule has 1 aliphatic rings. The van der Waals surface area contributed by atoms with Crippen LogP contribution in [0.4, 0.5) is 18.9 Å². The summed E-state index contributed by atoms with van der Waals surface area (Å²) in [5.74, 6) is 0.864. The molecule has 0 amide bonds. The molecule has 174 valence electrons. The Labute approximate surface area is 200 Å². The van der Waals surface area contributed by atoms with E-state index in [0.717, 1.165) is 23.9 Å². The topological polar surface area (TPSA) is 83.5 Å². The highest BCUT2D eigenvalue weighted by Crippen LogP contribution is 2.37. The third-order valence-corrected chi connectivity index (χ3v) is 7.14. The second kappa shape index (κ2) is 9.44. The molecule has 1 aromatic heterocycles. The Morgan fingerprint density at radius 1 is 1.21 bits per heavy atom. The van der Waals surface area contributed by atoms with Gasteiger partial charge in [-0.15, -0.1) is 0 Å². The minimum absolute atomic E-state index is 0.0523. The summed E-state index contributed by atoms with van der Waals surface area (Å²) >= 11 is 2.38. The van der Waals surface area contributed by atoms with E-state index < -0.39 is 11.7 Å². The molecule has 4 rings (SSSR count). The number of hydrazone groups is 1. The van der Waals surface area contributed by atoms with Crippen LogP contribution in [0.5, 0.6) is 5.75 Å². The predicted octanol–water partition coefficient (Wildman–Crippen LogP) is 4.88. The number of fused-ring (bicyclic) bond motifs is 1. The zero-order valence-corrected chi connectivity index (χ0v) is 19.5. The zero-order valence-electron chi connectivity index (χ0n) is 17.8. The van der Waals surface area contributed by atoms with Gasteiger partial charge < -0.3 is 4.74 Å². The molecule has 12 heteroatoms. The first-order valence-electron chi connectivity index (χ1n) is 9.71.